The van der Waals surface area contributed by atoms with Crippen LogP contribution in [0.1, 0.15) is 31.8 Å². The first kappa shape index (κ1) is 16.2. The summed E-state index contributed by atoms with van der Waals surface area (Å²) in [7, 11) is -1.91. The summed E-state index contributed by atoms with van der Waals surface area (Å²) < 4.78 is 31.4. The molecule has 0 spiro atoms. The molecule has 0 saturated heterocycles. The second kappa shape index (κ2) is 6.07. The molecule has 0 saturated carbocycles. The molecular formula is C13H24N2O3S. The van der Waals surface area contributed by atoms with Gasteiger partial charge in [-0.2, -0.15) is 0 Å². The van der Waals surface area contributed by atoms with Crippen molar-refractivity contribution in [2.24, 2.45) is 11.7 Å². The van der Waals surface area contributed by atoms with Crippen molar-refractivity contribution in [2.45, 2.75) is 45.1 Å². The van der Waals surface area contributed by atoms with Gasteiger partial charge in [-0.1, -0.05) is 13.8 Å². The van der Waals surface area contributed by atoms with Gasteiger partial charge in [0.2, 0.25) is 10.0 Å². The molecule has 110 valence electrons. The Morgan fingerprint density at radius 2 is 1.95 bits per heavy atom. The highest BCUT2D eigenvalue weighted by atomic mass is 32.2. The minimum absolute atomic E-state index is 0.00447. The lowest BCUT2D eigenvalue weighted by atomic mass is 10.0. The SMILES string of the molecule is Cc1cc(S(=O)(=O)N(C)CCC(N)C(C)C)c(C)o1. The van der Waals surface area contributed by atoms with Crippen LogP contribution < -0.4 is 5.73 Å². The van der Waals surface area contributed by atoms with Crippen LogP contribution in [0.2, 0.25) is 0 Å². The highest BCUT2D eigenvalue weighted by Gasteiger charge is 2.25. The van der Waals surface area contributed by atoms with Gasteiger partial charge < -0.3 is 10.2 Å². The lowest BCUT2D eigenvalue weighted by molar-refractivity contribution is 0.396. The lowest BCUT2D eigenvalue weighted by Crippen LogP contribution is -2.34. The summed E-state index contributed by atoms with van der Waals surface area (Å²) in [5.74, 6) is 1.37. The Hall–Kier alpha value is -0.850. The molecule has 0 fully saturated rings. The molecule has 0 aliphatic carbocycles. The van der Waals surface area contributed by atoms with E-state index >= 15 is 0 Å². The summed E-state index contributed by atoms with van der Waals surface area (Å²) in [6.07, 6.45) is 0.642. The molecule has 2 N–H and O–H groups in total. The monoisotopic (exact) mass is 288 g/mol. The van der Waals surface area contributed by atoms with E-state index in [1.54, 1.807) is 27.0 Å². The second-order valence-corrected chi connectivity index (χ2v) is 7.31. The van der Waals surface area contributed by atoms with Crippen LogP contribution in [0.3, 0.4) is 0 Å². The molecule has 0 aliphatic heterocycles. The fourth-order valence-corrected chi connectivity index (χ4v) is 3.22. The average molecular weight is 288 g/mol. The van der Waals surface area contributed by atoms with Crippen LogP contribution in [-0.4, -0.2) is 32.4 Å². The Labute approximate surface area is 115 Å². The molecule has 0 radical (unpaired) electrons. The molecule has 1 heterocycles. The third-order valence-electron chi connectivity index (χ3n) is 3.32. The van der Waals surface area contributed by atoms with Gasteiger partial charge in [0, 0.05) is 19.6 Å². The van der Waals surface area contributed by atoms with Crippen LogP contribution in [0.15, 0.2) is 15.4 Å². The van der Waals surface area contributed by atoms with Gasteiger partial charge in [0.25, 0.3) is 0 Å². The Morgan fingerprint density at radius 3 is 2.37 bits per heavy atom. The maximum Gasteiger partial charge on any atom is 0.246 e. The van der Waals surface area contributed by atoms with Crippen molar-refractivity contribution >= 4 is 10.0 Å². The van der Waals surface area contributed by atoms with Crippen molar-refractivity contribution in [3.63, 3.8) is 0 Å². The standard InChI is InChI=1S/C13H24N2O3S/c1-9(2)12(14)6-7-15(5)19(16,17)13-8-10(3)18-11(13)4/h8-9,12H,6-7,14H2,1-5H3. The fourth-order valence-electron chi connectivity index (χ4n) is 1.82. The second-order valence-electron chi connectivity index (χ2n) is 5.30. The van der Waals surface area contributed by atoms with E-state index in [1.165, 1.54) is 4.31 Å². The Morgan fingerprint density at radius 1 is 1.37 bits per heavy atom. The number of nitrogens with zero attached hydrogens (tertiary/aromatic N) is 1. The predicted octanol–water partition coefficient (Wildman–Crippen LogP) is 1.89. The van der Waals surface area contributed by atoms with E-state index in [9.17, 15) is 8.42 Å². The fraction of sp³-hybridized carbons (Fsp3) is 0.692. The minimum Gasteiger partial charge on any atom is -0.465 e. The van der Waals surface area contributed by atoms with Gasteiger partial charge >= 0.3 is 0 Å². The number of furan rings is 1. The molecule has 19 heavy (non-hydrogen) atoms. The third kappa shape index (κ3) is 3.81. The molecule has 1 atom stereocenters. The van der Waals surface area contributed by atoms with Gasteiger partial charge in [0.15, 0.2) is 0 Å². The third-order valence-corrected chi connectivity index (χ3v) is 5.28. The number of nitrogens with two attached hydrogens (primary N) is 1. The number of rotatable bonds is 6. The smallest absolute Gasteiger partial charge is 0.246 e. The normalized spacial score (nSPS) is 14.3. The summed E-state index contributed by atoms with van der Waals surface area (Å²) in [4.78, 5) is 0.241. The number of sulfonamides is 1. The minimum atomic E-state index is -3.49. The first-order valence-corrected chi connectivity index (χ1v) is 7.89. The van der Waals surface area contributed by atoms with E-state index in [0.717, 1.165) is 0 Å². The maximum atomic E-state index is 12.4. The Balaban J connectivity index is 2.81. The zero-order valence-corrected chi connectivity index (χ0v) is 13.1. The van der Waals surface area contributed by atoms with Crippen molar-refractivity contribution in [1.29, 1.82) is 0 Å². The van der Waals surface area contributed by atoms with Gasteiger partial charge in [-0.15, -0.1) is 0 Å². The van der Waals surface area contributed by atoms with E-state index < -0.39 is 10.0 Å². The van der Waals surface area contributed by atoms with Crippen LogP contribution in [0.4, 0.5) is 0 Å². The van der Waals surface area contributed by atoms with E-state index in [1.807, 2.05) is 13.8 Å². The van der Waals surface area contributed by atoms with Crippen molar-refractivity contribution < 1.29 is 12.8 Å². The van der Waals surface area contributed by atoms with Gasteiger partial charge in [-0.3, -0.25) is 0 Å². The predicted molar refractivity (Wildman–Crippen MR) is 75.4 cm³/mol. The zero-order chi connectivity index (χ0) is 14.8. The highest BCUT2D eigenvalue weighted by Crippen LogP contribution is 2.22. The molecule has 1 rings (SSSR count). The largest absolute Gasteiger partial charge is 0.465 e. The number of hydrogen-bond acceptors (Lipinski definition) is 4. The average Bonchev–Trinajstić information content (AvgIpc) is 2.65. The van der Waals surface area contributed by atoms with E-state index in [4.69, 9.17) is 10.2 Å². The summed E-state index contributed by atoms with van der Waals surface area (Å²) in [6.45, 7) is 7.87. The molecule has 5 nitrogen and oxygen atoms in total. The van der Waals surface area contributed by atoms with Crippen molar-refractivity contribution in [2.75, 3.05) is 13.6 Å². The first-order chi connectivity index (χ1) is 8.66. The van der Waals surface area contributed by atoms with Crippen molar-refractivity contribution in [3.8, 4) is 0 Å². The molecule has 1 aromatic heterocycles. The van der Waals surface area contributed by atoms with E-state index in [2.05, 4.69) is 0 Å². The van der Waals surface area contributed by atoms with Crippen molar-refractivity contribution in [3.05, 3.63) is 17.6 Å². The summed E-state index contributed by atoms with van der Waals surface area (Å²) in [5, 5.41) is 0. The van der Waals surface area contributed by atoms with E-state index in [0.29, 0.717) is 30.4 Å². The quantitative estimate of drug-likeness (QED) is 0.867. The molecule has 6 heteroatoms. The van der Waals surface area contributed by atoms with Crippen LogP contribution in [-0.2, 0) is 10.0 Å². The van der Waals surface area contributed by atoms with Crippen LogP contribution >= 0.6 is 0 Å². The molecule has 1 unspecified atom stereocenters. The first-order valence-electron chi connectivity index (χ1n) is 6.45. The van der Waals surface area contributed by atoms with Crippen LogP contribution in [0, 0.1) is 19.8 Å². The summed E-state index contributed by atoms with van der Waals surface area (Å²) >= 11 is 0. The Kier molecular flexibility index (Phi) is 5.18. The molecule has 0 aromatic carbocycles. The highest BCUT2D eigenvalue weighted by molar-refractivity contribution is 7.89. The summed E-state index contributed by atoms with van der Waals surface area (Å²) in [6, 6.07) is 1.56. The zero-order valence-electron chi connectivity index (χ0n) is 12.3. The molecule has 1 aromatic rings. The number of aryl methyl sites for hydroxylation is 2. The molecule has 0 aliphatic rings. The number of hydrogen-bond donors (Lipinski definition) is 1. The van der Waals surface area contributed by atoms with Gasteiger partial charge in [-0.05, 0) is 32.3 Å². The Bertz CT molecular complexity index is 520. The van der Waals surface area contributed by atoms with Gasteiger partial charge in [0.05, 0.1) is 0 Å². The molecule has 0 bridgehead atoms. The van der Waals surface area contributed by atoms with Gasteiger partial charge in [0.1, 0.15) is 16.4 Å². The van der Waals surface area contributed by atoms with Crippen molar-refractivity contribution in [1.82, 2.24) is 4.31 Å². The van der Waals surface area contributed by atoms with Crippen LogP contribution in [0.5, 0.6) is 0 Å². The molecule has 0 amide bonds. The van der Waals surface area contributed by atoms with Gasteiger partial charge in [-0.25, -0.2) is 12.7 Å². The topological polar surface area (TPSA) is 76.5 Å². The summed E-state index contributed by atoms with van der Waals surface area (Å²) in [5.41, 5.74) is 5.94. The van der Waals surface area contributed by atoms with E-state index in [-0.39, 0.29) is 10.9 Å². The molecular weight excluding hydrogens is 264 g/mol. The van der Waals surface area contributed by atoms with Crippen LogP contribution in [0.25, 0.3) is 0 Å². The maximum absolute atomic E-state index is 12.4. The lowest BCUT2D eigenvalue weighted by Gasteiger charge is -2.21.